The summed E-state index contributed by atoms with van der Waals surface area (Å²) in [6.07, 6.45) is 1.40. The summed E-state index contributed by atoms with van der Waals surface area (Å²) in [5.41, 5.74) is 3.04. The molecular weight excluding hydrogens is 620 g/mol. The van der Waals surface area contributed by atoms with Crippen LogP contribution in [0.15, 0.2) is 72.8 Å². The largest absolute Gasteiger partial charge is 0.488 e. The number of benzene rings is 3. The first-order valence-electron chi connectivity index (χ1n) is 13.5. The molecule has 4 rings (SSSR count). The summed E-state index contributed by atoms with van der Waals surface area (Å²) in [7, 11) is -6.88. The first-order valence-corrected chi connectivity index (χ1v) is 14.9. The lowest BCUT2D eigenvalue weighted by Crippen LogP contribution is -2.64. The number of aryl methyl sites for hydroxylation is 1. The first kappa shape index (κ1) is 33.5. The maximum Gasteiger partial charge on any atom is 0.449 e. The Morgan fingerprint density at radius 3 is 1.82 bits per heavy atom. The number of fused-ring (bicyclic) bond motifs is 1. The van der Waals surface area contributed by atoms with Gasteiger partial charge in [-0.15, -0.1) is 0 Å². The van der Waals surface area contributed by atoms with Crippen molar-refractivity contribution in [3.05, 3.63) is 95.1 Å². The fraction of sp³-hybridized carbons (Fsp3) is 0.419. The van der Waals surface area contributed by atoms with E-state index in [2.05, 4.69) is 4.18 Å². The zero-order chi connectivity index (χ0) is 32.9. The molecule has 4 nitrogen and oxygen atoms in total. The average molecular weight is 651 g/mol. The molecule has 0 N–H and O–H groups in total. The van der Waals surface area contributed by atoms with Crippen LogP contribution in [-0.4, -0.2) is 37.0 Å². The van der Waals surface area contributed by atoms with Gasteiger partial charge in [-0.1, -0.05) is 48.5 Å². The molecule has 1 aliphatic rings. The molecule has 0 aliphatic heterocycles. The van der Waals surface area contributed by atoms with Crippen molar-refractivity contribution in [2.75, 3.05) is 0 Å². The molecule has 0 fully saturated rings. The van der Waals surface area contributed by atoms with E-state index in [9.17, 15) is 43.5 Å². The van der Waals surface area contributed by atoms with Crippen LogP contribution in [-0.2, 0) is 16.5 Å². The second-order valence-electron chi connectivity index (χ2n) is 11.8. The van der Waals surface area contributed by atoms with E-state index in [0.717, 1.165) is 28.8 Å². The standard InChI is InChI=1S/C31H30F8O4S/c1-27(2,3)42-23-15-17-25-21(18-23)12-16-24(19-8-6-5-7-9-19)26(25)20-10-13-22(14-11-20)43-44(40,41)31(38,39)30(36,37)29(34,35)28(4,32)33/h5-11,13-15,17-18,24,26H,12,16H2,1-4H3/t24-,26+/m1/s1. The van der Waals surface area contributed by atoms with Crippen molar-refractivity contribution in [1.82, 2.24) is 0 Å². The van der Waals surface area contributed by atoms with Crippen LogP contribution in [0.3, 0.4) is 0 Å². The van der Waals surface area contributed by atoms with Gasteiger partial charge in [0.25, 0.3) is 0 Å². The molecule has 1 aliphatic carbocycles. The first-order chi connectivity index (χ1) is 20.1. The Hall–Kier alpha value is -3.35. The van der Waals surface area contributed by atoms with Gasteiger partial charge in [-0.25, -0.2) is 0 Å². The zero-order valence-corrected chi connectivity index (χ0v) is 24.9. The number of hydrogen-bond acceptors (Lipinski definition) is 4. The maximum atomic E-state index is 14.3. The van der Waals surface area contributed by atoms with Crippen molar-refractivity contribution in [1.29, 1.82) is 0 Å². The molecule has 0 heterocycles. The molecule has 0 saturated heterocycles. The Balaban J connectivity index is 1.69. The highest BCUT2D eigenvalue weighted by atomic mass is 32.2. The lowest BCUT2D eigenvalue weighted by Gasteiger charge is -2.35. The number of rotatable bonds is 9. The van der Waals surface area contributed by atoms with Gasteiger partial charge in [0.1, 0.15) is 17.1 Å². The Kier molecular flexibility index (Phi) is 8.55. The number of halogens is 8. The lowest BCUT2D eigenvalue weighted by atomic mass is 9.69. The van der Waals surface area contributed by atoms with Crippen LogP contribution in [0.2, 0.25) is 0 Å². The quantitative estimate of drug-likeness (QED) is 0.171. The molecule has 0 amide bonds. The van der Waals surface area contributed by atoms with Crippen molar-refractivity contribution in [3.8, 4) is 11.5 Å². The smallest absolute Gasteiger partial charge is 0.449 e. The lowest BCUT2D eigenvalue weighted by molar-refractivity contribution is -0.343. The van der Waals surface area contributed by atoms with E-state index in [-0.39, 0.29) is 11.8 Å². The normalized spacial score (nSPS) is 18.5. The van der Waals surface area contributed by atoms with E-state index < -0.39 is 51.4 Å². The van der Waals surface area contributed by atoms with Crippen molar-refractivity contribution < 1.29 is 52.5 Å². The predicted octanol–water partition coefficient (Wildman–Crippen LogP) is 8.95. The molecule has 240 valence electrons. The highest BCUT2D eigenvalue weighted by molar-refractivity contribution is 7.88. The summed E-state index contributed by atoms with van der Waals surface area (Å²) >= 11 is 0. The average Bonchev–Trinajstić information content (AvgIpc) is 2.91. The van der Waals surface area contributed by atoms with E-state index >= 15 is 0 Å². The molecule has 0 aromatic heterocycles. The molecule has 44 heavy (non-hydrogen) atoms. The molecule has 0 bridgehead atoms. The van der Waals surface area contributed by atoms with Crippen LogP contribution in [0.25, 0.3) is 0 Å². The Morgan fingerprint density at radius 1 is 0.705 bits per heavy atom. The summed E-state index contributed by atoms with van der Waals surface area (Å²) in [4.78, 5) is 0. The van der Waals surface area contributed by atoms with E-state index in [1.807, 2.05) is 69.3 Å². The Morgan fingerprint density at radius 2 is 1.27 bits per heavy atom. The van der Waals surface area contributed by atoms with Crippen molar-refractivity contribution in [3.63, 3.8) is 0 Å². The van der Waals surface area contributed by atoms with Crippen molar-refractivity contribution in [2.45, 2.75) is 81.0 Å². The van der Waals surface area contributed by atoms with Crippen LogP contribution in [0.4, 0.5) is 35.1 Å². The number of alkyl halides is 8. The van der Waals surface area contributed by atoms with Crippen molar-refractivity contribution >= 4 is 10.1 Å². The molecule has 2 atom stereocenters. The van der Waals surface area contributed by atoms with Crippen LogP contribution < -0.4 is 8.92 Å². The molecule has 3 aromatic carbocycles. The van der Waals surface area contributed by atoms with Crippen LogP contribution >= 0.6 is 0 Å². The molecule has 0 spiro atoms. The Labute approximate surface area is 250 Å². The summed E-state index contributed by atoms with van der Waals surface area (Å²) in [5, 5.41) is -6.71. The third kappa shape index (κ3) is 6.12. The summed E-state index contributed by atoms with van der Waals surface area (Å²) in [5.74, 6) is -20.1. The van der Waals surface area contributed by atoms with Gasteiger partial charge in [0.05, 0.1) is 0 Å². The van der Waals surface area contributed by atoms with Crippen LogP contribution in [0.5, 0.6) is 11.5 Å². The second kappa shape index (κ2) is 11.2. The molecule has 13 heteroatoms. The molecule has 0 saturated carbocycles. The van der Waals surface area contributed by atoms with E-state index in [0.29, 0.717) is 24.2 Å². The van der Waals surface area contributed by atoms with Gasteiger partial charge in [-0.3, -0.25) is 0 Å². The van der Waals surface area contributed by atoms with Gasteiger partial charge in [0, 0.05) is 12.8 Å². The topological polar surface area (TPSA) is 52.6 Å². The SMILES string of the molecule is CC(C)(C)Oc1ccc2c(c1)CC[C@H](c1ccccc1)[C@@H]2c1ccc(OS(=O)(=O)C(F)(F)C(F)(F)C(F)(F)C(C)(F)F)cc1. The summed E-state index contributed by atoms with van der Waals surface area (Å²) in [6, 6.07) is 19.6. The van der Waals surface area contributed by atoms with Gasteiger partial charge >= 0.3 is 33.1 Å². The van der Waals surface area contributed by atoms with Crippen LogP contribution in [0.1, 0.15) is 68.2 Å². The van der Waals surface area contributed by atoms with Crippen LogP contribution in [0, 0.1) is 0 Å². The van der Waals surface area contributed by atoms with E-state index in [1.54, 1.807) is 0 Å². The molecular formula is C31H30F8O4S. The van der Waals surface area contributed by atoms with E-state index in [1.165, 1.54) is 12.1 Å². The molecule has 0 unspecified atom stereocenters. The van der Waals surface area contributed by atoms with E-state index in [4.69, 9.17) is 4.74 Å². The second-order valence-corrected chi connectivity index (χ2v) is 13.4. The molecule has 0 radical (unpaired) electrons. The minimum Gasteiger partial charge on any atom is -0.488 e. The minimum atomic E-state index is -7.01. The maximum absolute atomic E-state index is 14.3. The number of hydrogen-bond donors (Lipinski definition) is 0. The summed E-state index contributed by atoms with van der Waals surface area (Å²) in [6.45, 7) is 5.00. The predicted molar refractivity (Wildman–Crippen MR) is 148 cm³/mol. The van der Waals surface area contributed by atoms with Gasteiger partial charge in [-0.2, -0.15) is 43.5 Å². The minimum absolute atomic E-state index is 0.0745. The van der Waals surface area contributed by atoms with Gasteiger partial charge < -0.3 is 8.92 Å². The Bertz CT molecular complexity index is 1580. The zero-order valence-electron chi connectivity index (χ0n) is 24.1. The van der Waals surface area contributed by atoms with Crippen molar-refractivity contribution in [2.24, 2.45) is 0 Å². The van der Waals surface area contributed by atoms with Gasteiger partial charge in [-0.05, 0) is 86.1 Å². The summed E-state index contributed by atoms with van der Waals surface area (Å²) < 4.78 is 144. The highest BCUT2D eigenvalue weighted by Gasteiger charge is 2.84. The third-order valence-electron chi connectivity index (χ3n) is 7.30. The fourth-order valence-electron chi connectivity index (χ4n) is 5.21. The fourth-order valence-corrected chi connectivity index (χ4v) is 6.12. The number of ether oxygens (including phenoxy) is 1. The molecule has 3 aromatic rings. The highest BCUT2D eigenvalue weighted by Crippen LogP contribution is 2.54. The van der Waals surface area contributed by atoms with Gasteiger partial charge in [0.15, 0.2) is 0 Å². The monoisotopic (exact) mass is 650 g/mol. The third-order valence-corrected chi connectivity index (χ3v) is 8.59. The van der Waals surface area contributed by atoms with Gasteiger partial charge in [0.2, 0.25) is 0 Å².